The van der Waals surface area contributed by atoms with E-state index in [1.165, 1.54) is 0 Å². The number of amides is 1. The number of nitrogens with zero attached hydrogens (tertiary/aromatic N) is 1. The van der Waals surface area contributed by atoms with Crippen LogP contribution in [-0.2, 0) is 22.6 Å². The zero-order valence-electron chi connectivity index (χ0n) is 19.7. The van der Waals surface area contributed by atoms with Crippen molar-refractivity contribution in [3.05, 3.63) is 71.8 Å². The second kappa shape index (κ2) is 13.7. The number of ether oxygens (including phenoxy) is 1. The minimum Gasteiger partial charge on any atom is -0.445 e. The summed E-state index contributed by atoms with van der Waals surface area (Å²) in [5.74, 6) is 0.523. The summed E-state index contributed by atoms with van der Waals surface area (Å²) < 4.78 is 5.39. The molecule has 2 atom stereocenters. The minimum absolute atomic E-state index is 0.133. The van der Waals surface area contributed by atoms with Crippen LogP contribution in [0.25, 0.3) is 0 Å². The van der Waals surface area contributed by atoms with Crippen LogP contribution in [0.5, 0.6) is 0 Å². The third kappa shape index (κ3) is 10.1. The van der Waals surface area contributed by atoms with E-state index in [-0.39, 0.29) is 24.5 Å². The number of benzene rings is 2. The van der Waals surface area contributed by atoms with E-state index in [0.29, 0.717) is 25.4 Å². The number of nitrogens with one attached hydrogen (secondary N) is 2. The number of ketones is 1. The van der Waals surface area contributed by atoms with Crippen LogP contribution in [0.2, 0.25) is 0 Å². The molecule has 2 unspecified atom stereocenters. The maximum absolute atomic E-state index is 12.9. The fraction of sp³-hybridized carbons (Fsp3) is 0.462. The highest BCUT2D eigenvalue weighted by molar-refractivity contribution is 5.86. The van der Waals surface area contributed by atoms with Gasteiger partial charge in [0.05, 0.1) is 12.6 Å². The molecule has 2 N–H and O–H groups in total. The van der Waals surface area contributed by atoms with Gasteiger partial charge in [-0.05, 0) is 44.0 Å². The SMILES string of the molecule is CC(C)CC(CNC(Cc1ccccc1)C(=O)CN(C)C)NC(=O)OCc1ccccc1. The summed E-state index contributed by atoms with van der Waals surface area (Å²) in [7, 11) is 3.78. The fourth-order valence-corrected chi connectivity index (χ4v) is 3.55. The number of likely N-dealkylation sites (N-methyl/N-ethyl adjacent to an activating group) is 1. The van der Waals surface area contributed by atoms with Gasteiger partial charge in [-0.25, -0.2) is 4.79 Å². The van der Waals surface area contributed by atoms with Crippen molar-refractivity contribution in [1.82, 2.24) is 15.5 Å². The number of carbonyl (C=O) groups excluding carboxylic acids is 2. The third-order valence-electron chi connectivity index (χ3n) is 5.04. The quantitative estimate of drug-likeness (QED) is 0.498. The second-order valence-corrected chi connectivity index (χ2v) is 8.89. The van der Waals surface area contributed by atoms with E-state index >= 15 is 0 Å². The molecule has 2 aromatic carbocycles. The van der Waals surface area contributed by atoms with Crippen LogP contribution in [0.4, 0.5) is 4.79 Å². The molecule has 0 spiro atoms. The molecular formula is C26H37N3O3. The molecule has 0 aliphatic rings. The van der Waals surface area contributed by atoms with Gasteiger partial charge >= 0.3 is 6.09 Å². The molecule has 0 saturated heterocycles. The van der Waals surface area contributed by atoms with Crippen molar-refractivity contribution in [2.75, 3.05) is 27.2 Å². The summed E-state index contributed by atoms with van der Waals surface area (Å²) in [6, 6.07) is 19.1. The maximum Gasteiger partial charge on any atom is 0.407 e. The summed E-state index contributed by atoms with van der Waals surface area (Å²) >= 11 is 0. The Labute approximate surface area is 192 Å². The molecule has 1 amide bonds. The third-order valence-corrected chi connectivity index (χ3v) is 5.04. The van der Waals surface area contributed by atoms with Crippen LogP contribution >= 0.6 is 0 Å². The lowest BCUT2D eigenvalue weighted by Crippen LogP contribution is -2.50. The van der Waals surface area contributed by atoms with Crippen LogP contribution in [0.1, 0.15) is 31.4 Å². The van der Waals surface area contributed by atoms with Crippen molar-refractivity contribution in [3.8, 4) is 0 Å². The highest BCUT2D eigenvalue weighted by Crippen LogP contribution is 2.08. The number of Topliss-reactive ketones (excluding diaryl/α,β-unsaturated/α-hetero) is 1. The predicted octanol–water partition coefficient (Wildman–Crippen LogP) is 3.66. The molecule has 0 saturated carbocycles. The molecule has 2 aromatic rings. The first-order valence-corrected chi connectivity index (χ1v) is 11.3. The highest BCUT2D eigenvalue weighted by Gasteiger charge is 2.22. The highest BCUT2D eigenvalue weighted by atomic mass is 16.5. The van der Waals surface area contributed by atoms with Crippen molar-refractivity contribution < 1.29 is 14.3 Å². The maximum atomic E-state index is 12.9. The molecule has 6 nitrogen and oxygen atoms in total. The number of hydrogen-bond donors (Lipinski definition) is 2. The molecule has 0 aliphatic heterocycles. The van der Waals surface area contributed by atoms with E-state index in [0.717, 1.165) is 17.5 Å². The predicted molar refractivity (Wildman–Crippen MR) is 129 cm³/mol. The van der Waals surface area contributed by atoms with Crippen LogP contribution in [-0.4, -0.2) is 56.0 Å². The first-order valence-electron chi connectivity index (χ1n) is 11.3. The lowest BCUT2D eigenvalue weighted by Gasteiger charge is -2.25. The molecule has 0 bridgehead atoms. The summed E-state index contributed by atoms with van der Waals surface area (Å²) in [4.78, 5) is 27.1. The van der Waals surface area contributed by atoms with E-state index in [9.17, 15) is 9.59 Å². The summed E-state index contributed by atoms with van der Waals surface area (Å²) in [6.45, 7) is 5.32. The van der Waals surface area contributed by atoms with Crippen LogP contribution in [0.15, 0.2) is 60.7 Å². The molecule has 0 radical (unpaired) electrons. The lowest BCUT2D eigenvalue weighted by molar-refractivity contribution is -0.121. The Morgan fingerprint density at radius 2 is 1.53 bits per heavy atom. The Morgan fingerprint density at radius 1 is 0.938 bits per heavy atom. The average molecular weight is 440 g/mol. The zero-order chi connectivity index (χ0) is 23.3. The van der Waals surface area contributed by atoms with E-state index in [2.05, 4.69) is 24.5 Å². The molecule has 32 heavy (non-hydrogen) atoms. The van der Waals surface area contributed by atoms with Crippen molar-refractivity contribution in [2.24, 2.45) is 5.92 Å². The lowest BCUT2D eigenvalue weighted by atomic mass is 10.00. The van der Waals surface area contributed by atoms with Gasteiger partial charge in [0, 0.05) is 12.6 Å². The first-order chi connectivity index (χ1) is 15.3. The van der Waals surface area contributed by atoms with Crippen molar-refractivity contribution in [2.45, 2.75) is 45.4 Å². The number of hydrogen-bond acceptors (Lipinski definition) is 5. The van der Waals surface area contributed by atoms with Gasteiger partial charge in [0.1, 0.15) is 6.61 Å². The standard InChI is InChI=1S/C26H37N3O3/c1-20(2)15-23(28-26(31)32-19-22-13-9-6-10-14-22)17-27-24(25(30)18-29(3)4)16-21-11-7-5-8-12-21/h5-14,20,23-24,27H,15-19H2,1-4H3,(H,28,31). The summed E-state index contributed by atoms with van der Waals surface area (Å²) in [5.41, 5.74) is 2.05. The Kier molecular flexibility index (Phi) is 10.9. The van der Waals surface area contributed by atoms with Gasteiger partial charge < -0.3 is 20.3 Å². The largest absolute Gasteiger partial charge is 0.445 e. The Hall–Kier alpha value is -2.70. The molecule has 6 heteroatoms. The molecule has 0 fully saturated rings. The van der Waals surface area contributed by atoms with Crippen LogP contribution in [0.3, 0.4) is 0 Å². The van der Waals surface area contributed by atoms with Gasteiger partial charge in [0.15, 0.2) is 5.78 Å². The first kappa shape index (κ1) is 25.6. The van der Waals surface area contributed by atoms with Gasteiger partial charge in [-0.2, -0.15) is 0 Å². The zero-order valence-corrected chi connectivity index (χ0v) is 19.7. The summed E-state index contributed by atoms with van der Waals surface area (Å²) in [6.07, 6.45) is 0.953. The van der Waals surface area contributed by atoms with Crippen molar-refractivity contribution >= 4 is 11.9 Å². The van der Waals surface area contributed by atoms with Gasteiger partial charge in [-0.15, -0.1) is 0 Å². The molecule has 0 aromatic heterocycles. The number of carbonyl (C=O) groups is 2. The topological polar surface area (TPSA) is 70.7 Å². The van der Waals surface area contributed by atoms with E-state index < -0.39 is 6.09 Å². The minimum atomic E-state index is -0.444. The molecule has 2 rings (SSSR count). The number of alkyl carbamates (subject to hydrolysis) is 1. The smallest absolute Gasteiger partial charge is 0.407 e. The van der Waals surface area contributed by atoms with E-state index in [4.69, 9.17) is 4.74 Å². The van der Waals surface area contributed by atoms with Crippen molar-refractivity contribution in [3.63, 3.8) is 0 Å². The Bertz CT molecular complexity index is 810. The number of rotatable bonds is 13. The van der Waals surface area contributed by atoms with E-state index in [1.54, 1.807) is 0 Å². The van der Waals surface area contributed by atoms with E-state index in [1.807, 2.05) is 79.7 Å². The molecule has 0 heterocycles. The van der Waals surface area contributed by atoms with Crippen molar-refractivity contribution in [1.29, 1.82) is 0 Å². The van der Waals surface area contributed by atoms with Gasteiger partial charge in [0.2, 0.25) is 0 Å². The second-order valence-electron chi connectivity index (χ2n) is 8.89. The fourth-order valence-electron chi connectivity index (χ4n) is 3.55. The molecule has 174 valence electrons. The molecular weight excluding hydrogens is 402 g/mol. The Morgan fingerprint density at radius 3 is 2.09 bits per heavy atom. The summed E-state index contributed by atoms with van der Waals surface area (Å²) in [5, 5.41) is 6.38. The van der Waals surface area contributed by atoms with Crippen LogP contribution < -0.4 is 10.6 Å². The van der Waals surface area contributed by atoms with Crippen LogP contribution in [0, 0.1) is 5.92 Å². The average Bonchev–Trinajstić information content (AvgIpc) is 2.75. The Balaban J connectivity index is 1.97. The van der Waals surface area contributed by atoms with Gasteiger partial charge in [-0.1, -0.05) is 74.5 Å². The van der Waals surface area contributed by atoms with Gasteiger partial charge in [0.25, 0.3) is 0 Å². The molecule has 0 aliphatic carbocycles. The van der Waals surface area contributed by atoms with Gasteiger partial charge in [-0.3, -0.25) is 4.79 Å². The normalized spacial score (nSPS) is 13.1. The monoisotopic (exact) mass is 439 g/mol.